The molecule has 2 rings (SSSR count). The summed E-state index contributed by atoms with van der Waals surface area (Å²) in [6, 6.07) is 7.88. The first-order valence-corrected chi connectivity index (χ1v) is 6.53. The van der Waals surface area contributed by atoms with Crippen molar-refractivity contribution >= 4 is 5.97 Å². The molecule has 18 heavy (non-hydrogen) atoms. The van der Waals surface area contributed by atoms with Gasteiger partial charge in [-0.2, -0.15) is 0 Å². The monoisotopic (exact) mass is 248 g/mol. The first-order valence-electron chi connectivity index (χ1n) is 6.53. The van der Waals surface area contributed by atoms with Crippen LogP contribution in [0, 0.1) is 5.92 Å². The largest absolute Gasteiger partial charge is 0.469 e. The van der Waals surface area contributed by atoms with E-state index in [-0.39, 0.29) is 5.97 Å². The van der Waals surface area contributed by atoms with E-state index >= 15 is 0 Å². The predicted octanol–water partition coefficient (Wildman–Crippen LogP) is 2.80. The smallest absolute Gasteiger partial charge is 0.311 e. The normalized spacial score (nSPS) is 18.2. The highest BCUT2D eigenvalue weighted by atomic mass is 16.5. The molecular weight excluding hydrogens is 228 g/mol. The molecule has 0 bridgehead atoms. The number of benzene rings is 1. The van der Waals surface area contributed by atoms with Crippen molar-refractivity contribution in [3.63, 3.8) is 0 Å². The number of carbonyl (C=O) groups is 1. The van der Waals surface area contributed by atoms with Crippen LogP contribution in [-0.4, -0.2) is 18.2 Å². The van der Waals surface area contributed by atoms with E-state index in [1.54, 1.807) is 0 Å². The second-order valence-corrected chi connectivity index (χ2v) is 4.89. The molecule has 0 saturated heterocycles. The summed E-state index contributed by atoms with van der Waals surface area (Å²) in [5.41, 5.74) is 2.07. The molecule has 1 aromatic carbocycles. The van der Waals surface area contributed by atoms with Crippen molar-refractivity contribution in [2.45, 2.75) is 38.2 Å². The molecule has 0 spiro atoms. The highest BCUT2D eigenvalue weighted by Gasteiger charge is 2.32. The van der Waals surface area contributed by atoms with E-state index < -0.39 is 12.0 Å². The number of hydrogen-bond donors (Lipinski definition) is 1. The lowest BCUT2D eigenvalue weighted by atomic mass is 9.89. The summed E-state index contributed by atoms with van der Waals surface area (Å²) >= 11 is 0. The van der Waals surface area contributed by atoms with Crippen molar-refractivity contribution in [1.82, 2.24) is 0 Å². The Morgan fingerprint density at radius 2 is 2.11 bits per heavy atom. The molecule has 3 nitrogen and oxygen atoms in total. The Labute approximate surface area is 108 Å². The Morgan fingerprint density at radius 3 is 2.67 bits per heavy atom. The molecule has 1 N–H and O–H groups in total. The Kier molecular flexibility index (Phi) is 4.02. The van der Waals surface area contributed by atoms with Gasteiger partial charge in [0.15, 0.2) is 0 Å². The van der Waals surface area contributed by atoms with Gasteiger partial charge < -0.3 is 9.84 Å². The lowest BCUT2D eigenvalue weighted by Crippen LogP contribution is -2.23. The molecule has 0 aliphatic heterocycles. The zero-order valence-corrected chi connectivity index (χ0v) is 10.9. The van der Waals surface area contributed by atoms with E-state index in [9.17, 15) is 9.90 Å². The van der Waals surface area contributed by atoms with Crippen LogP contribution in [0.3, 0.4) is 0 Å². The molecule has 1 saturated carbocycles. The maximum absolute atomic E-state index is 11.7. The second kappa shape index (κ2) is 5.53. The van der Waals surface area contributed by atoms with E-state index in [1.807, 2.05) is 25.1 Å². The minimum Gasteiger partial charge on any atom is -0.469 e. The standard InChI is InChI=1S/C15H20O3/c1-3-11(15(17)18-2)14(16)13-7-5-4-6-12(13)10-8-9-10/h4-7,10-11,14,16H,3,8-9H2,1-2H3. The van der Waals surface area contributed by atoms with Gasteiger partial charge in [-0.15, -0.1) is 0 Å². The van der Waals surface area contributed by atoms with E-state index in [4.69, 9.17) is 4.74 Å². The van der Waals surface area contributed by atoms with Crippen LogP contribution in [0.25, 0.3) is 0 Å². The van der Waals surface area contributed by atoms with E-state index in [2.05, 4.69) is 6.07 Å². The fourth-order valence-electron chi connectivity index (χ4n) is 2.43. The summed E-state index contributed by atoms with van der Waals surface area (Å²) in [6.07, 6.45) is 2.17. The molecule has 1 fully saturated rings. The summed E-state index contributed by atoms with van der Waals surface area (Å²) in [7, 11) is 1.37. The van der Waals surface area contributed by atoms with Crippen molar-refractivity contribution in [1.29, 1.82) is 0 Å². The summed E-state index contributed by atoms with van der Waals surface area (Å²) in [5, 5.41) is 10.4. The molecule has 0 radical (unpaired) electrons. The van der Waals surface area contributed by atoms with Crippen LogP contribution < -0.4 is 0 Å². The SMILES string of the molecule is CCC(C(=O)OC)C(O)c1ccccc1C1CC1. The number of hydrogen-bond acceptors (Lipinski definition) is 3. The van der Waals surface area contributed by atoms with Gasteiger partial charge in [0.2, 0.25) is 0 Å². The van der Waals surface area contributed by atoms with Crippen LogP contribution in [0.5, 0.6) is 0 Å². The Morgan fingerprint density at radius 1 is 1.44 bits per heavy atom. The van der Waals surface area contributed by atoms with Gasteiger partial charge in [0, 0.05) is 0 Å². The van der Waals surface area contributed by atoms with Crippen LogP contribution in [0.15, 0.2) is 24.3 Å². The number of ether oxygens (including phenoxy) is 1. The van der Waals surface area contributed by atoms with Crippen molar-refractivity contribution in [2.24, 2.45) is 5.92 Å². The van der Waals surface area contributed by atoms with Crippen LogP contribution in [-0.2, 0) is 9.53 Å². The van der Waals surface area contributed by atoms with Crippen LogP contribution in [0.4, 0.5) is 0 Å². The van der Waals surface area contributed by atoms with Crippen molar-refractivity contribution in [2.75, 3.05) is 7.11 Å². The molecule has 2 unspecified atom stereocenters. The third-order valence-corrected chi connectivity index (χ3v) is 3.66. The maximum Gasteiger partial charge on any atom is 0.311 e. The number of aliphatic hydroxyl groups is 1. The number of esters is 1. The van der Waals surface area contributed by atoms with Gasteiger partial charge >= 0.3 is 5.97 Å². The van der Waals surface area contributed by atoms with Crippen LogP contribution >= 0.6 is 0 Å². The third-order valence-electron chi connectivity index (χ3n) is 3.66. The number of methoxy groups -OCH3 is 1. The Balaban J connectivity index is 2.26. The summed E-state index contributed by atoms with van der Waals surface area (Å²) in [4.78, 5) is 11.7. The van der Waals surface area contributed by atoms with Crippen molar-refractivity contribution in [3.05, 3.63) is 35.4 Å². The Bertz CT molecular complexity index is 424. The predicted molar refractivity (Wildman–Crippen MR) is 69.2 cm³/mol. The van der Waals surface area contributed by atoms with Crippen LogP contribution in [0.2, 0.25) is 0 Å². The van der Waals surface area contributed by atoms with Crippen LogP contribution in [0.1, 0.15) is 49.3 Å². The summed E-state index contributed by atoms with van der Waals surface area (Å²) < 4.78 is 4.76. The van der Waals surface area contributed by atoms with Crippen molar-refractivity contribution in [3.8, 4) is 0 Å². The minimum atomic E-state index is -0.765. The first-order chi connectivity index (χ1) is 8.69. The molecule has 1 aromatic rings. The second-order valence-electron chi connectivity index (χ2n) is 4.89. The molecule has 0 aromatic heterocycles. The highest BCUT2D eigenvalue weighted by Crippen LogP contribution is 2.44. The average Bonchev–Trinajstić information content (AvgIpc) is 3.23. The molecular formula is C15H20O3. The highest BCUT2D eigenvalue weighted by molar-refractivity contribution is 5.73. The molecule has 0 amide bonds. The van der Waals surface area contributed by atoms with E-state index in [1.165, 1.54) is 25.5 Å². The van der Waals surface area contributed by atoms with Gasteiger partial charge in [-0.05, 0) is 36.3 Å². The van der Waals surface area contributed by atoms with Gasteiger partial charge in [0.05, 0.1) is 19.1 Å². The van der Waals surface area contributed by atoms with Gasteiger partial charge in [0.1, 0.15) is 0 Å². The molecule has 98 valence electrons. The number of carbonyl (C=O) groups excluding carboxylic acids is 1. The minimum absolute atomic E-state index is 0.337. The maximum atomic E-state index is 11.7. The molecule has 3 heteroatoms. The number of aliphatic hydroxyl groups excluding tert-OH is 1. The Hall–Kier alpha value is -1.35. The quantitative estimate of drug-likeness (QED) is 0.815. The lowest BCUT2D eigenvalue weighted by Gasteiger charge is -2.22. The zero-order valence-electron chi connectivity index (χ0n) is 10.9. The fraction of sp³-hybridized carbons (Fsp3) is 0.533. The first kappa shape index (κ1) is 13.1. The topological polar surface area (TPSA) is 46.5 Å². The third kappa shape index (κ3) is 2.56. The summed E-state index contributed by atoms with van der Waals surface area (Å²) in [6.45, 7) is 1.89. The molecule has 2 atom stereocenters. The zero-order chi connectivity index (χ0) is 13.1. The van der Waals surface area contributed by atoms with E-state index in [0.717, 1.165) is 5.56 Å². The van der Waals surface area contributed by atoms with Gasteiger partial charge in [-0.3, -0.25) is 4.79 Å². The van der Waals surface area contributed by atoms with Gasteiger partial charge in [-0.25, -0.2) is 0 Å². The fourth-order valence-corrected chi connectivity index (χ4v) is 2.43. The van der Waals surface area contributed by atoms with Gasteiger partial charge in [-0.1, -0.05) is 31.2 Å². The van der Waals surface area contributed by atoms with Crippen molar-refractivity contribution < 1.29 is 14.6 Å². The lowest BCUT2D eigenvalue weighted by molar-refractivity contribution is -0.149. The summed E-state index contributed by atoms with van der Waals surface area (Å²) in [5.74, 6) is -0.253. The average molecular weight is 248 g/mol. The number of rotatable bonds is 5. The molecule has 1 aliphatic carbocycles. The van der Waals surface area contributed by atoms with E-state index in [0.29, 0.717) is 12.3 Å². The molecule has 1 aliphatic rings. The molecule has 0 heterocycles. The van der Waals surface area contributed by atoms with Gasteiger partial charge in [0.25, 0.3) is 0 Å².